The molecule has 1 N–H and O–H groups in total. The maximum Gasteiger partial charge on any atom is 0.336 e. The Kier molecular flexibility index (Phi) is 3.88. The molecule has 0 unspecified atom stereocenters. The lowest BCUT2D eigenvalue weighted by Crippen LogP contribution is -2.09. The number of aliphatic hydroxyl groups excluding tert-OH is 1. The van der Waals surface area contributed by atoms with Crippen molar-refractivity contribution in [3.8, 4) is 0 Å². The van der Waals surface area contributed by atoms with Crippen LogP contribution in [0.3, 0.4) is 0 Å². The molecule has 3 heteroatoms. The van der Waals surface area contributed by atoms with Gasteiger partial charge in [0.2, 0.25) is 0 Å². The van der Waals surface area contributed by atoms with Crippen molar-refractivity contribution in [1.29, 1.82) is 0 Å². The molecule has 0 amide bonds. The van der Waals surface area contributed by atoms with Gasteiger partial charge in [-0.2, -0.15) is 0 Å². The fourth-order valence-electron chi connectivity index (χ4n) is 0.890. The Bertz CT molecular complexity index is 317. The summed E-state index contributed by atoms with van der Waals surface area (Å²) in [5.74, 6) is -0.559. The summed E-state index contributed by atoms with van der Waals surface area (Å²) >= 11 is 0. The quantitative estimate of drug-likeness (QED) is 0.577. The number of ether oxygens (including phenoxy) is 1. The molecule has 0 saturated carbocycles. The molecule has 0 spiro atoms. The van der Waals surface area contributed by atoms with Gasteiger partial charge in [-0.25, -0.2) is 4.79 Å². The smallest absolute Gasteiger partial charge is 0.336 e. The topological polar surface area (TPSA) is 46.5 Å². The van der Waals surface area contributed by atoms with Crippen LogP contribution in [0.25, 0.3) is 0 Å². The molecule has 1 rings (SSSR count). The largest absolute Gasteiger partial charge is 0.457 e. The molecule has 0 heterocycles. The Morgan fingerprint density at radius 3 is 2.57 bits per heavy atom. The molecule has 0 aliphatic rings. The van der Waals surface area contributed by atoms with Crippen LogP contribution in [0.4, 0.5) is 0 Å². The van der Waals surface area contributed by atoms with E-state index in [9.17, 15) is 4.79 Å². The third-order valence-electron chi connectivity index (χ3n) is 1.69. The first-order chi connectivity index (χ1) is 6.74. The van der Waals surface area contributed by atoms with E-state index >= 15 is 0 Å². The first-order valence-electron chi connectivity index (χ1n) is 4.23. The van der Waals surface area contributed by atoms with Gasteiger partial charge in [0.05, 0.1) is 12.2 Å². The second-order valence-electron chi connectivity index (χ2n) is 2.82. The van der Waals surface area contributed by atoms with Gasteiger partial charge in [-0.15, -0.1) is 0 Å². The number of carbonyl (C=O) groups is 1. The maximum atomic E-state index is 11.1. The van der Waals surface area contributed by atoms with E-state index in [4.69, 9.17) is 9.84 Å². The van der Waals surface area contributed by atoms with Gasteiger partial charge < -0.3 is 9.84 Å². The predicted octanol–water partition coefficient (Wildman–Crippen LogP) is 1.28. The summed E-state index contributed by atoms with van der Waals surface area (Å²) in [6.45, 7) is 3.20. The second kappa shape index (κ2) is 5.19. The van der Waals surface area contributed by atoms with Crippen LogP contribution in [0.2, 0.25) is 0 Å². The maximum absolute atomic E-state index is 11.1. The average Bonchev–Trinajstić information content (AvgIpc) is 2.26. The van der Waals surface area contributed by atoms with Gasteiger partial charge in [0.1, 0.15) is 6.61 Å². The van der Waals surface area contributed by atoms with Crippen molar-refractivity contribution in [3.63, 3.8) is 0 Å². The Balaban J connectivity index is 2.42. The summed E-state index contributed by atoms with van der Waals surface area (Å²) in [6.07, 6.45) is 0. The fraction of sp³-hybridized carbons (Fsp3) is 0.182. The Morgan fingerprint density at radius 2 is 2.00 bits per heavy atom. The minimum Gasteiger partial charge on any atom is -0.457 e. The number of benzene rings is 1. The lowest BCUT2D eigenvalue weighted by molar-refractivity contribution is -0.140. The molecule has 0 aliphatic heterocycles. The van der Waals surface area contributed by atoms with Crippen molar-refractivity contribution in [1.82, 2.24) is 0 Å². The van der Waals surface area contributed by atoms with Crippen LogP contribution in [0.1, 0.15) is 5.56 Å². The number of esters is 1. The van der Waals surface area contributed by atoms with Crippen LogP contribution in [0.15, 0.2) is 42.5 Å². The summed E-state index contributed by atoms with van der Waals surface area (Å²) in [5, 5.41) is 8.60. The van der Waals surface area contributed by atoms with Crippen LogP contribution in [-0.4, -0.2) is 17.7 Å². The first-order valence-corrected chi connectivity index (χ1v) is 4.23. The van der Waals surface area contributed by atoms with Crippen molar-refractivity contribution in [2.75, 3.05) is 6.61 Å². The van der Waals surface area contributed by atoms with E-state index < -0.39 is 5.97 Å². The Labute approximate surface area is 82.6 Å². The number of carbonyl (C=O) groups excluding carboxylic acids is 1. The molecule has 3 nitrogen and oxygen atoms in total. The zero-order valence-corrected chi connectivity index (χ0v) is 7.77. The summed E-state index contributed by atoms with van der Waals surface area (Å²) in [5.41, 5.74) is 0.979. The lowest BCUT2D eigenvalue weighted by atomic mass is 10.2. The van der Waals surface area contributed by atoms with E-state index in [0.29, 0.717) is 0 Å². The molecule has 14 heavy (non-hydrogen) atoms. The third-order valence-corrected chi connectivity index (χ3v) is 1.69. The van der Waals surface area contributed by atoms with E-state index in [2.05, 4.69) is 6.58 Å². The zero-order chi connectivity index (χ0) is 10.4. The van der Waals surface area contributed by atoms with E-state index in [-0.39, 0.29) is 18.8 Å². The predicted molar refractivity (Wildman–Crippen MR) is 52.5 cm³/mol. The lowest BCUT2D eigenvalue weighted by Gasteiger charge is -2.04. The Hall–Kier alpha value is -1.61. The third kappa shape index (κ3) is 3.03. The summed E-state index contributed by atoms with van der Waals surface area (Å²) in [6, 6.07) is 9.33. The minimum atomic E-state index is -0.559. The van der Waals surface area contributed by atoms with Gasteiger partial charge in [0, 0.05) is 0 Å². The molecular formula is C11H12O3. The number of hydrogen-bond acceptors (Lipinski definition) is 3. The normalized spacial score (nSPS) is 9.50. The Morgan fingerprint density at radius 1 is 1.36 bits per heavy atom. The molecule has 0 aliphatic carbocycles. The van der Waals surface area contributed by atoms with Gasteiger partial charge in [-0.05, 0) is 5.56 Å². The zero-order valence-electron chi connectivity index (χ0n) is 7.77. The van der Waals surface area contributed by atoms with Gasteiger partial charge >= 0.3 is 5.97 Å². The van der Waals surface area contributed by atoms with E-state index in [1.54, 1.807) is 0 Å². The highest BCUT2D eigenvalue weighted by molar-refractivity contribution is 5.87. The molecule has 74 valence electrons. The molecular weight excluding hydrogens is 180 g/mol. The average molecular weight is 192 g/mol. The van der Waals surface area contributed by atoms with Crippen LogP contribution in [0, 0.1) is 0 Å². The molecule has 0 fully saturated rings. The summed E-state index contributed by atoms with van der Waals surface area (Å²) in [7, 11) is 0. The highest BCUT2D eigenvalue weighted by atomic mass is 16.5. The SMILES string of the molecule is C=C(CO)C(=O)OCc1ccccc1. The van der Waals surface area contributed by atoms with Crippen LogP contribution >= 0.6 is 0 Å². The molecule has 0 saturated heterocycles. The van der Waals surface area contributed by atoms with Crippen molar-refractivity contribution in [2.45, 2.75) is 6.61 Å². The van der Waals surface area contributed by atoms with Gasteiger partial charge in [0.15, 0.2) is 0 Å². The highest BCUT2D eigenvalue weighted by Crippen LogP contribution is 2.02. The van der Waals surface area contributed by atoms with Crippen LogP contribution in [-0.2, 0) is 16.1 Å². The van der Waals surface area contributed by atoms with Crippen LogP contribution in [0.5, 0.6) is 0 Å². The van der Waals surface area contributed by atoms with Gasteiger partial charge in [0.25, 0.3) is 0 Å². The van der Waals surface area contributed by atoms with E-state index in [1.807, 2.05) is 30.3 Å². The standard InChI is InChI=1S/C11H12O3/c1-9(7-12)11(13)14-8-10-5-3-2-4-6-10/h2-6,12H,1,7-8H2. The van der Waals surface area contributed by atoms with Crippen molar-refractivity contribution in [3.05, 3.63) is 48.0 Å². The summed E-state index contributed by atoms with van der Waals surface area (Å²) in [4.78, 5) is 11.1. The van der Waals surface area contributed by atoms with Crippen molar-refractivity contribution in [2.24, 2.45) is 0 Å². The number of aliphatic hydroxyl groups is 1. The van der Waals surface area contributed by atoms with Crippen molar-refractivity contribution >= 4 is 5.97 Å². The molecule has 0 radical (unpaired) electrons. The number of hydrogen-bond donors (Lipinski definition) is 1. The number of rotatable bonds is 4. The van der Waals surface area contributed by atoms with Gasteiger partial charge in [-0.3, -0.25) is 0 Å². The van der Waals surface area contributed by atoms with Crippen molar-refractivity contribution < 1.29 is 14.6 Å². The summed E-state index contributed by atoms with van der Waals surface area (Å²) < 4.78 is 4.88. The molecule has 0 atom stereocenters. The van der Waals surface area contributed by atoms with E-state index in [1.165, 1.54) is 0 Å². The molecule has 0 bridgehead atoms. The first kappa shape index (κ1) is 10.5. The highest BCUT2D eigenvalue weighted by Gasteiger charge is 2.06. The fourth-order valence-corrected chi connectivity index (χ4v) is 0.890. The molecule has 1 aromatic carbocycles. The second-order valence-corrected chi connectivity index (χ2v) is 2.82. The molecule has 1 aromatic rings. The molecule has 0 aromatic heterocycles. The van der Waals surface area contributed by atoms with Crippen LogP contribution < -0.4 is 0 Å². The van der Waals surface area contributed by atoms with E-state index in [0.717, 1.165) is 5.56 Å². The minimum absolute atomic E-state index is 0.0703. The van der Waals surface area contributed by atoms with Gasteiger partial charge in [-0.1, -0.05) is 36.9 Å². The monoisotopic (exact) mass is 192 g/mol.